The first-order chi connectivity index (χ1) is 12.8. The first-order valence-electron chi connectivity index (χ1n) is 7.94. The van der Waals surface area contributed by atoms with E-state index in [9.17, 15) is 15.6 Å². The van der Waals surface area contributed by atoms with E-state index in [0.29, 0.717) is 31.7 Å². The highest BCUT2D eigenvalue weighted by Gasteiger charge is 2.29. The summed E-state index contributed by atoms with van der Waals surface area (Å²) >= 11 is 2.03. The molecule has 6 nitrogen and oxygen atoms in total. The fourth-order valence-electron chi connectivity index (χ4n) is 3.19. The molecule has 0 bridgehead atoms. The lowest BCUT2D eigenvalue weighted by atomic mass is 9.95. The molecule has 0 spiro atoms. The minimum absolute atomic E-state index is 0.0782. The van der Waals surface area contributed by atoms with Crippen molar-refractivity contribution in [2.24, 2.45) is 0 Å². The highest BCUT2D eigenvalue weighted by molar-refractivity contribution is 14.1. The molecule has 3 N–H and O–H groups in total. The van der Waals surface area contributed by atoms with Crippen LogP contribution < -0.4 is 10.5 Å². The molecule has 0 radical (unpaired) electrons. The summed E-state index contributed by atoms with van der Waals surface area (Å²) in [6.07, 6.45) is 1.90. The summed E-state index contributed by atoms with van der Waals surface area (Å²) in [7, 11) is 1.49. The van der Waals surface area contributed by atoms with Crippen LogP contribution in [0.15, 0.2) is 17.7 Å². The fourth-order valence-corrected chi connectivity index (χ4v) is 3.82. The van der Waals surface area contributed by atoms with Crippen LogP contribution in [0.4, 0.5) is 5.82 Å². The molecule has 0 atom stereocenters. The van der Waals surface area contributed by atoms with Crippen molar-refractivity contribution < 1.29 is 9.84 Å². The highest BCUT2D eigenvalue weighted by Crippen LogP contribution is 2.44. The van der Waals surface area contributed by atoms with Crippen molar-refractivity contribution in [2.45, 2.75) is 13.8 Å². The van der Waals surface area contributed by atoms with Gasteiger partial charge in [-0.2, -0.15) is 10.5 Å². The highest BCUT2D eigenvalue weighted by atomic mass is 127. The number of anilines is 1. The van der Waals surface area contributed by atoms with E-state index in [2.05, 4.69) is 17.1 Å². The van der Waals surface area contributed by atoms with Crippen LogP contribution >= 0.6 is 22.6 Å². The Morgan fingerprint density at radius 3 is 2.56 bits per heavy atom. The molecule has 2 aromatic rings. The molecule has 1 aliphatic carbocycles. The summed E-state index contributed by atoms with van der Waals surface area (Å²) < 4.78 is 5.87. The molecule has 0 fully saturated rings. The molecular formula is C20H15IN4O2. The fraction of sp³-hybridized carbons (Fsp3) is 0.150. The number of hydrogen-bond acceptors (Lipinski definition) is 6. The molecule has 7 heteroatoms. The molecule has 0 saturated heterocycles. The van der Waals surface area contributed by atoms with E-state index in [1.165, 1.54) is 7.11 Å². The summed E-state index contributed by atoms with van der Waals surface area (Å²) in [5, 5.41) is 29.1. The van der Waals surface area contributed by atoms with Gasteiger partial charge in [0.15, 0.2) is 11.5 Å². The Hall–Kier alpha value is -3.04. The van der Waals surface area contributed by atoms with E-state index in [4.69, 9.17) is 10.5 Å². The number of nitrogen functional groups attached to an aromatic ring is 1. The number of halogens is 1. The lowest BCUT2D eigenvalue weighted by molar-refractivity contribution is 0.371. The van der Waals surface area contributed by atoms with Gasteiger partial charge in [0.05, 0.1) is 27.5 Å². The lowest BCUT2D eigenvalue weighted by Gasteiger charge is -2.12. The zero-order valence-electron chi connectivity index (χ0n) is 14.9. The van der Waals surface area contributed by atoms with Crippen LogP contribution in [-0.2, 0) is 0 Å². The van der Waals surface area contributed by atoms with Gasteiger partial charge in [0.25, 0.3) is 0 Å². The quantitative estimate of drug-likeness (QED) is 0.641. The Balaban J connectivity index is 2.33. The van der Waals surface area contributed by atoms with Gasteiger partial charge >= 0.3 is 0 Å². The molecule has 0 aliphatic heterocycles. The van der Waals surface area contributed by atoms with Crippen molar-refractivity contribution in [3.63, 3.8) is 0 Å². The van der Waals surface area contributed by atoms with Gasteiger partial charge in [0, 0.05) is 5.56 Å². The maximum Gasteiger partial charge on any atom is 0.171 e. The zero-order chi connectivity index (χ0) is 19.9. The molecule has 1 heterocycles. The van der Waals surface area contributed by atoms with Gasteiger partial charge in [-0.25, -0.2) is 4.98 Å². The van der Waals surface area contributed by atoms with E-state index in [1.807, 2.05) is 41.7 Å². The van der Waals surface area contributed by atoms with Crippen LogP contribution in [0.5, 0.6) is 11.5 Å². The van der Waals surface area contributed by atoms with E-state index in [0.717, 1.165) is 22.3 Å². The van der Waals surface area contributed by atoms with Gasteiger partial charge < -0.3 is 15.6 Å². The molecule has 1 aromatic carbocycles. The summed E-state index contributed by atoms with van der Waals surface area (Å²) in [5.41, 5.74) is 10.9. The average molecular weight is 470 g/mol. The predicted molar refractivity (Wildman–Crippen MR) is 112 cm³/mol. The van der Waals surface area contributed by atoms with Gasteiger partial charge in [0.1, 0.15) is 18.0 Å². The molecule has 3 rings (SSSR count). The Morgan fingerprint density at radius 2 is 1.96 bits per heavy atom. The van der Waals surface area contributed by atoms with Crippen LogP contribution in [0.25, 0.3) is 17.2 Å². The summed E-state index contributed by atoms with van der Waals surface area (Å²) in [5.74, 6) is 0.560. The maximum absolute atomic E-state index is 10.1. The minimum Gasteiger partial charge on any atom is -0.504 e. The van der Waals surface area contributed by atoms with Crippen LogP contribution in [0, 0.1) is 33.2 Å². The molecule has 134 valence electrons. The minimum atomic E-state index is 0.0782. The molecule has 0 saturated carbocycles. The smallest absolute Gasteiger partial charge is 0.171 e. The van der Waals surface area contributed by atoms with Crippen molar-refractivity contribution in [3.8, 4) is 23.6 Å². The topological polar surface area (TPSA) is 116 Å². The molecular weight excluding hydrogens is 455 g/mol. The number of nitrogens with two attached hydrogens (primary N) is 1. The van der Waals surface area contributed by atoms with Crippen molar-refractivity contribution in [2.75, 3.05) is 12.8 Å². The molecule has 0 amide bonds. The van der Waals surface area contributed by atoms with E-state index in [1.54, 1.807) is 13.0 Å². The second-order valence-corrected chi connectivity index (χ2v) is 7.22. The number of benzene rings is 1. The predicted octanol–water partition coefficient (Wildman–Crippen LogP) is 4.01. The zero-order valence-corrected chi connectivity index (χ0v) is 17.0. The summed E-state index contributed by atoms with van der Waals surface area (Å²) in [6.45, 7) is 3.65. The number of methoxy groups -OCH3 is 1. The Kier molecular flexibility index (Phi) is 4.81. The standard InChI is InChI=1S/C20H15IN4O2/c1-9-12(4-11-5-15(21)19(26)16(6-11)27-3)17-10(2)14(8-23)20(24)25-18(17)13(9)7-22/h4-6,26H,1-3H3,(H2,24,25)/b12-4-. The average Bonchev–Trinajstić information content (AvgIpc) is 2.89. The number of fused-ring (bicyclic) bond motifs is 1. The number of nitrogens with zero attached hydrogens (tertiary/aromatic N) is 3. The van der Waals surface area contributed by atoms with Crippen LogP contribution in [0.3, 0.4) is 0 Å². The third kappa shape index (κ3) is 2.90. The number of pyridine rings is 1. The number of hydrogen-bond donors (Lipinski definition) is 2. The van der Waals surface area contributed by atoms with Crippen molar-refractivity contribution in [3.05, 3.63) is 49.2 Å². The van der Waals surface area contributed by atoms with Gasteiger partial charge in [-0.05, 0) is 76.9 Å². The number of aromatic nitrogens is 1. The number of allylic oxidation sites excluding steroid dienone is 3. The number of ether oxygens (including phenoxy) is 1. The SMILES string of the molecule is COc1cc(/C=C2/C(C)=C(C#N)c3nc(N)c(C#N)c(C)c32)cc(I)c1O. The molecule has 27 heavy (non-hydrogen) atoms. The lowest BCUT2D eigenvalue weighted by Crippen LogP contribution is -2.03. The number of phenols is 1. The Morgan fingerprint density at radius 1 is 1.26 bits per heavy atom. The van der Waals surface area contributed by atoms with Crippen LogP contribution in [0.2, 0.25) is 0 Å². The largest absolute Gasteiger partial charge is 0.504 e. The number of aromatic hydroxyl groups is 1. The Labute approximate surface area is 170 Å². The normalized spacial score (nSPS) is 14.1. The maximum atomic E-state index is 10.1. The number of rotatable bonds is 2. The second kappa shape index (κ2) is 6.93. The van der Waals surface area contributed by atoms with Crippen molar-refractivity contribution in [1.29, 1.82) is 10.5 Å². The first kappa shape index (κ1) is 18.7. The second-order valence-electron chi connectivity index (χ2n) is 6.06. The summed E-state index contributed by atoms with van der Waals surface area (Å²) in [4.78, 5) is 4.31. The van der Waals surface area contributed by atoms with Crippen LogP contribution in [0.1, 0.15) is 34.9 Å². The van der Waals surface area contributed by atoms with Gasteiger partial charge in [-0.1, -0.05) is 0 Å². The third-order valence-electron chi connectivity index (χ3n) is 4.57. The van der Waals surface area contributed by atoms with Gasteiger partial charge in [0.2, 0.25) is 0 Å². The van der Waals surface area contributed by atoms with Crippen molar-refractivity contribution >= 4 is 45.6 Å². The number of nitriles is 2. The molecule has 1 aromatic heterocycles. The van der Waals surface area contributed by atoms with Gasteiger partial charge in [-0.15, -0.1) is 0 Å². The molecule has 1 aliphatic rings. The molecule has 0 unspecified atom stereocenters. The van der Waals surface area contributed by atoms with Gasteiger partial charge in [-0.3, -0.25) is 0 Å². The van der Waals surface area contributed by atoms with E-state index in [-0.39, 0.29) is 11.6 Å². The summed E-state index contributed by atoms with van der Waals surface area (Å²) in [6, 6.07) is 7.81. The monoisotopic (exact) mass is 470 g/mol. The van der Waals surface area contributed by atoms with E-state index >= 15 is 0 Å². The Bertz CT molecular complexity index is 1130. The number of phenolic OH excluding ortho intramolecular Hbond substituents is 1. The van der Waals surface area contributed by atoms with E-state index < -0.39 is 0 Å². The van der Waals surface area contributed by atoms with Crippen molar-refractivity contribution in [1.82, 2.24) is 4.98 Å². The first-order valence-corrected chi connectivity index (χ1v) is 9.02. The van der Waals surface area contributed by atoms with Crippen LogP contribution in [-0.4, -0.2) is 17.2 Å². The third-order valence-corrected chi connectivity index (χ3v) is 5.39.